The van der Waals surface area contributed by atoms with Crippen molar-refractivity contribution in [1.29, 1.82) is 0 Å². The second kappa shape index (κ2) is 17.1. The summed E-state index contributed by atoms with van der Waals surface area (Å²) >= 11 is 1.71. The van der Waals surface area contributed by atoms with Crippen molar-refractivity contribution in [3.63, 3.8) is 0 Å². The molecule has 0 saturated carbocycles. The van der Waals surface area contributed by atoms with E-state index in [0.717, 1.165) is 95.9 Å². The molecule has 0 radical (unpaired) electrons. The van der Waals surface area contributed by atoms with Gasteiger partial charge in [-0.1, -0.05) is 159 Å². The van der Waals surface area contributed by atoms with Crippen molar-refractivity contribution in [3.8, 4) is 34.0 Å². The summed E-state index contributed by atoms with van der Waals surface area (Å²) in [5, 5.41) is 5.47. The molecule has 0 fully saturated rings. The van der Waals surface area contributed by atoms with E-state index >= 15 is 0 Å². The molecule has 4 heterocycles. The molecule has 0 N–H and O–H groups in total. The van der Waals surface area contributed by atoms with Crippen LogP contribution in [-0.2, 0) is 0 Å². The Balaban J connectivity index is 1.15. The second-order valence-electron chi connectivity index (χ2n) is 16.0. The van der Waals surface area contributed by atoms with Gasteiger partial charge in [0.2, 0.25) is 0 Å². The SMILES string of the molecule is C=C(/C=C\C)[C@H](C)/C=C\c1csc2c(-c3nc(C4=CCC(c5ccccc5)C=C4)nc(-c4ccccc4)n3)cc(-c3ccc4ccc5ccc(C6=CC=CCC6)nc5c4n3)cc12. The Labute approximate surface area is 366 Å². The Morgan fingerprint density at radius 1 is 0.774 bits per heavy atom. The number of thiophene rings is 1. The highest BCUT2D eigenvalue weighted by atomic mass is 32.1. The molecule has 5 nitrogen and oxygen atoms in total. The zero-order valence-corrected chi connectivity index (χ0v) is 35.7. The molecule has 62 heavy (non-hydrogen) atoms. The van der Waals surface area contributed by atoms with Crippen molar-refractivity contribution in [2.24, 2.45) is 5.92 Å². The maximum absolute atomic E-state index is 5.42. The first kappa shape index (κ1) is 39.0. The summed E-state index contributed by atoms with van der Waals surface area (Å²) < 4.78 is 1.11. The van der Waals surface area contributed by atoms with Crippen molar-refractivity contribution in [1.82, 2.24) is 24.9 Å². The van der Waals surface area contributed by atoms with Gasteiger partial charge in [-0.25, -0.2) is 24.9 Å². The quantitative estimate of drug-likeness (QED) is 0.102. The highest BCUT2D eigenvalue weighted by molar-refractivity contribution is 7.18. The number of hydrogen-bond donors (Lipinski definition) is 0. The molecule has 8 aromatic rings. The fourth-order valence-corrected chi connectivity index (χ4v) is 9.37. The summed E-state index contributed by atoms with van der Waals surface area (Å²) in [6.07, 6.45) is 24.7. The van der Waals surface area contributed by atoms with Crippen LogP contribution in [0, 0.1) is 5.92 Å². The molecule has 0 spiro atoms. The van der Waals surface area contributed by atoms with E-state index in [1.54, 1.807) is 11.3 Å². The van der Waals surface area contributed by atoms with Crippen LogP contribution in [0.5, 0.6) is 0 Å². The van der Waals surface area contributed by atoms with Crippen molar-refractivity contribution >= 4 is 60.5 Å². The van der Waals surface area contributed by atoms with E-state index in [4.69, 9.17) is 24.9 Å². The molecule has 0 saturated heterocycles. The maximum atomic E-state index is 5.42. The number of aromatic nitrogens is 5. The van der Waals surface area contributed by atoms with Crippen LogP contribution < -0.4 is 0 Å². The van der Waals surface area contributed by atoms with Crippen LogP contribution >= 0.6 is 11.3 Å². The molecule has 1 unspecified atom stereocenters. The molecule has 2 atom stereocenters. The Morgan fingerprint density at radius 2 is 1.48 bits per heavy atom. The van der Waals surface area contributed by atoms with Gasteiger partial charge < -0.3 is 0 Å². The number of nitrogens with zero attached hydrogens (tertiary/aromatic N) is 5. The third-order valence-corrected chi connectivity index (χ3v) is 12.9. The van der Waals surface area contributed by atoms with Gasteiger partial charge in [0.1, 0.15) is 0 Å². The lowest BCUT2D eigenvalue weighted by molar-refractivity contribution is 0.854. The summed E-state index contributed by atoms with van der Waals surface area (Å²) in [6, 6.07) is 38.2. The number of fused-ring (bicyclic) bond motifs is 4. The minimum atomic E-state index is 0.176. The Hall–Kier alpha value is -7.15. The van der Waals surface area contributed by atoms with Gasteiger partial charge in [0.05, 0.1) is 22.4 Å². The van der Waals surface area contributed by atoms with Crippen molar-refractivity contribution in [3.05, 3.63) is 204 Å². The van der Waals surface area contributed by atoms with Gasteiger partial charge in [-0.05, 0) is 84.0 Å². The van der Waals surface area contributed by atoms with E-state index < -0.39 is 0 Å². The van der Waals surface area contributed by atoms with Crippen molar-refractivity contribution in [2.75, 3.05) is 0 Å². The molecule has 4 aromatic carbocycles. The first-order valence-electron chi connectivity index (χ1n) is 21.4. The van der Waals surface area contributed by atoms with Crippen LogP contribution in [0.4, 0.5) is 0 Å². The smallest absolute Gasteiger partial charge is 0.165 e. The monoisotopic (exact) mass is 819 g/mol. The highest BCUT2D eigenvalue weighted by Gasteiger charge is 2.21. The molecular weight excluding hydrogens is 775 g/mol. The summed E-state index contributed by atoms with van der Waals surface area (Å²) in [5.74, 6) is 2.40. The van der Waals surface area contributed by atoms with Crippen LogP contribution in [0.2, 0.25) is 0 Å². The lowest BCUT2D eigenvalue weighted by atomic mass is 9.90. The molecule has 0 aliphatic heterocycles. The number of benzene rings is 4. The van der Waals surface area contributed by atoms with E-state index in [0.29, 0.717) is 23.4 Å². The maximum Gasteiger partial charge on any atom is 0.165 e. The average molecular weight is 820 g/mol. The first-order chi connectivity index (χ1) is 30.5. The van der Waals surface area contributed by atoms with Crippen LogP contribution in [0.15, 0.2) is 181 Å². The Bertz CT molecular complexity index is 3200. The molecule has 2 aliphatic rings. The largest absolute Gasteiger partial charge is 0.246 e. The van der Waals surface area contributed by atoms with Gasteiger partial charge in [-0.3, -0.25) is 0 Å². The van der Waals surface area contributed by atoms with Crippen LogP contribution in [0.3, 0.4) is 0 Å². The Morgan fingerprint density at radius 3 is 2.21 bits per heavy atom. The van der Waals surface area contributed by atoms with Crippen LogP contribution in [0.25, 0.3) is 83.1 Å². The van der Waals surface area contributed by atoms with Crippen LogP contribution in [-0.4, -0.2) is 24.9 Å². The third kappa shape index (κ3) is 7.81. The van der Waals surface area contributed by atoms with Gasteiger partial charge in [0, 0.05) is 49.0 Å². The molecule has 0 bridgehead atoms. The summed E-state index contributed by atoms with van der Waals surface area (Å²) in [6.45, 7) is 8.52. The molecular formula is C56H45N5S. The van der Waals surface area contributed by atoms with Gasteiger partial charge in [-0.15, -0.1) is 11.3 Å². The van der Waals surface area contributed by atoms with E-state index in [2.05, 4.69) is 165 Å². The molecule has 0 amide bonds. The minimum absolute atomic E-state index is 0.176. The number of pyridine rings is 2. The molecule has 2 aliphatic carbocycles. The highest BCUT2D eigenvalue weighted by Crippen LogP contribution is 2.40. The van der Waals surface area contributed by atoms with Crippen molar-refractivity contribution in [2.45, 2.75) is 39.0 Å². The minimum Gasteiger partial charge on any atom is -0.246 e. The van der Waals surface area contributed by atoms with Crippen LogP contribution in [0.1, 0.15) is 61.7 Å². The summed E-state index contributed by atoms with van der Waals surface area (Å²) in [4.78, 5) is 26.3. The lowest BCUT2D eigenvalue weighted by Crippen LogP contribution is -2.05. The Kier molecular flexibility index (Phi) is 10.7. The summed E-state index contributed by atoms with van der Waals surface area (Å²) in [7, 11) is 0. The normalized spacial score (nSPS) is 15.8. The predicted molar refractivity (Wildman–Crippen MR) is 262 cm³/mol. The predicted octanol–water partition coefficient (Wildman–Crippen LogP) is 14.8. The van der Waals surface area contributed by atoms with E-state index in [9.17, 15) is 0 Å². The first-order valence-corrected chi connectivity index (χ1v) is 22.2. The van der Waals surface area contributed by atoms with Gasteiger partial charge >= 0.3 is 0 Å². The third-order valence-electron chi connectivity index (χ3n) is 11.9. The average Bonchev–Trinajstić information content (AvgIpc) is 3.76. The molecule has 4 aromatic heterocycles. The van der Waals surface area contributed by atoms with E-state index in [-0.39, 0.29) is 5.92 Å². The van der Waals surface area contributed by atoms with Gasteiger partial charge in [0.25, 0.3) is 0 Å². The lowest BCUT2D eigenvalue weighted by Gasteiger charge is -2.17. The topological polar surface area (TPSA) is 64.5 Å². The van der Waals surface area contributed by atoms with Gasteiger partial charge in [0.15, 0.2) is 17.5 Å². The fourth-order valence-electron chi connectivity index (χ4n) is 8.34. The number of rotatable bonds is 10. The molecule has 10 rings (SSSR count). The second-order valence-corrected chi connectivity index (χ2v) is 16.9. The molecule has 300 valence electrons. The van der Waals surface area contributed by atoms with E-state index in [1.165, 1.54) is 11.1 Å². The zero-order valence-electron chi connectivity index (χ0n) is 34.9. The summed E-state index contributed by atoms with van der Waals surface area (Å²) in [5.41, 5.74) is 12.3. The standard InChI is InChI=1S/C56H45N5S/c1-4-14-36(2)37(3)21-22-45-35-62-53-47(45)33-46(50-32-30-42-26-25-41-29-31-49(40-17-10-6-11-18-40)57-51(41)52(42)58-50)34-48(53)56-60-54(43-19-12-7-13-20-43)59-55(61-56)44-27-23-39(24-28-44)38-15-8-5-9-16-38/h4-10,12-17,19-23,25-35,37,39H,2,11,18,24H2,1,3H3/b14-4-,22-21-/t37-,39?/m1/s1. The molecule has 6 heteroatoms. The van der Waals surface area contributed by atoms with Crippen molar-refractivity contribution < 1.29 is 0 Å². The van der Waals surface area contributed by atoms with Gasteiger partial charge in [-0.2, -0.15) is 0 Å². The zero-order chi connectivity index (χ0) is 42.0. The fraction of sp³-hybridized carbons (Fsp3) is 0.125. The number of allylic oxidation sites excluding steroid dienone is 12. The number of hydrogen-bond acceptors (Lipinski definition) is 6. The van der Waals surface area contributed by atoms with E-state index in [1.807, 2.05) is 31.2 Å².